The summed E-state index contributed by atoms with van der Waals surface area (Å²) in [5.41, 5.74) is 1.21. The summed E-state index contributed by atoms with van der Waals surface area (Å²) in [5.74, 6) is -1.56. The van der Waals surface area contributed by atoms with E-state index in [1.165, 1.54) is 17.0 Å². The van der Waals surface area contributed by atoms with Crippen LogP contribution in [0.3, 0.4) is 0 Å². The first-order valence-electron chi connectivity index (χ1n) is 9.81. The molecule has 4 rings (SSSR count). The Morgan fingerprint density at radius 2 is 1.60 bits per heavy atom. The van der Waals surface area contributed by atoms with Gasteiger partial charge in [-0.3, -0.25) is 19.3 Å². The van der Waals surface area contributed by atoms with Crippen LogP contribution in [-0.2, 0) is 4.79 Å². The van der Waals surface area contributed by atoms with Crippen molar-refractivity contribution in [3.05, 3.63) is 57.6 Å². The van der Waals surface area contributed by atoms with Crippen molar-refractivity contribution < 1.29 is 19.5 Å². The zero-order valence-electron chi connectivity index (χ0n) is 16.0. The number of carbonyl (C=O) groups is 3. The van der Waals surface area contributed by atoms with Crippen LogP contribution in [-0.4, -0.2) is 34.3 Å². The highest BCUT2D eigenvalue weighted by Gasteiger charge is 2.40. The van der Waals surface area contributed by atoms with Crippen LogP contribution in [0, 0.1) is 11.8 Å². The minimum atomic E-state index is -0.352. The summed E-state index contributed by atoms with van der Waals surface area (Å²) in [6.07, 6.45) is 3.25. The Labute approximate surface area is 183 Å². The Morgan fingerprint density at radius 1 is 1.03 bits per heavy atom. The minimum absolute atomic E-state index is 0.0454. The number of rotatable bonds is 4. The lowest BCUT2D eigenvalue weighted by atomic mass is 9.78. The highest BCUT2D eigenvalue weighted by Crippen LogP contribution is 2.37. The number of phenols is 1. The van der Waals surface area contributed by atoms with Gasteiger partial charge in [0, 0.05) is 18.2 Å². The van der Waals surface area contributed by atoms with Crippen molar-refractivity contribution in [1.29, 1.82) is 0 Å². The number of aromatic hydroxyl groups is 1. The molecule has 2 atom stereocenters. The van der Waals surface area contributed by atoms with E-state index in [4.69, 9.17) is 23.2 Å². The van der Waals surface area contributed by atoms with Gasteiger partial charge in [-0.2, -0.15) is 0 Å². The fraction of sp³-hybridized carbons (Fsp3) is 0.318. The van der Waals surface area contributed by atoms with Crippen LogP contribution in [0.5, 0.6) is 5.75 Å². The predicted octanol–water partition coefficient (Wildman–Crippen LogP) is 4.74. The first-order chi connectivity index (χ1) is 14.4. The molecule has 1 saturated carbocycles. The molecule has 0 saturated heterocycles. The molecular weight excluding hydrogens is 427 g/mol. The molecule has 2 aromatic carbocycles. The zero-order valence-corrected chi connectivity index (χ0v) is 17.5. The summed E-state index contributed by atoms with van der Waals surface area (Å²) in [6.45, 7) is 0.210. The van der Waals surface area contributed by atoms with Crippen molar-refractivity contribution in [2.24, 2.45) is 11.8 Å². The molecule has 1 heterocycles. The second-order valence-corrected chi connectivity index (χ2v) is 8.51. The van der Waals surface area contributed by atoms with E-state index in [1.807, 2.05) is 0 Å². The molecule has 0 bridgehead atoms. The lowest BCUT2D eigenvalue weighted by Crippen LogP contribution is -2.41. The molecule has 0 radical (unpaired) electrons. The quantitative estimate of drug-likeness (QED) is 0.524. The van der Waals surface area contributed by atoms with Crippen molar-refractivity contribution in [2.45, 2.75) is 25.7 Å². The molecule has 2 unspecified atom stereocenters. The maximum atomic E-state index is 13.0. The number of anilines is 1. The SMILES string of the molecule is O=C(Nc1cc(Cl)c(O)c(Cl)c1)C1CCCCC1CN1C(=O)c2ccccc2C1=O. The Morgan fingerprint density at radius 3 is 2.20 bits per heavy atom. The van der Waals surface area contributed by atoms with Gasteiger partial charge >= 0.3 is 0 Å². The van der Waals surface area contributed by atoms with Crippen LogP contribution >= 0.6 is 23.2 Å². The van der Waals surface area contributed by atoms with E-state index in [1.54, 1.807) is 24.3 Å². The van der Waals surface area contributed by atoms with Crippen molar-refractivity contribution >= 4 is 46.6 Å². The Hall–Kier alpha value is -2.57. The van der Waals surface area contributed by atoms with Crippen LogP contribution < -0.4 is 5.32 Å². The van der Waals surface area contributed by atoms with Gasteiger partial charge in [0.2, 0.25) is 5.91 Å². The Kier molecular flexibility index (Phi) is 5.71. The standard InChI is InChI=1S/C22H20Cl2N2O4/c23-17-9-13(10-18(24)19(17)27)25-20(28)14-6-2-1-5-12(14)11-26-21(29)15-7-3-4-8-16(15)22(26)30/h3-4,7-10,12,14,27H,1-2,5-6,11H2,(H,25,28). The number of benzene rings is 2. The summed E-state index contributed by atoms with van der Waals surface area (Å²) in [5, 5.41) is 12.6. The van der Waals surface area contributed by atoms with E-state index in [0.717, 1.165) is 19.3 Å². The molecule has 2 aliphatic rings. The molecule has 1 aliphatic heterocycles. The number of carbonyl (C=O) groups excluding carboxylic acids is 3. The summed E-state index contributed by atoms with van der Waals surface area (Å²) < 4.78 is 0. The van der Waals surface area contributed by atoms with Crippen LogP contribution in [0.2, 0.25) is 10.0 Å². The normalized spacial score (nSPS) is 20.9. The highest BCUT2D eigenvalue weighted by atomic mass is 35.5. The zero-order chi connectivity index (χ0) is 21.4. The van der Waals surface area contributed by atoms with E-state index in [-0.39, 0.29) is 51.9 Å². The van der Waals surface area contributed by atoms with E-state index in [2.05, 4.69) is 5.32 Å². The molecule has 1 aliphatic carbocycles. The third kappa shape index (κ3) is 3.77. The van der Waals surface area contributed by atoms with E-state index < -0.39 is 0 Å². The summed E-state index contributed by atoms with van der Waals surface area (Å²) in [7, 11) is 0. The maximum Gasteiger partial charge on any atom is 0.261 e. The molecule has 30 heavy (non-hydrogen) atoms. The van der Waals surface area contributed by atoms with E-state index >= 15 is 0 Å². The smallest absolute Gasteiger partial charge is 0.261 e. The van der Waals surface area contributed by atoms with Crippen molar-refractivity contribution in [1.82, 2.24) is 4.90 Å². The Balaban J connectivity index is 1.50. The van der Waals surface area contributed by atoms with Gasteiger partial charge < -0.3 is 10.4 Å². The van der Waals surface area contributed by atoms with Crippen LogP contribution in [0.4, 0.5) is 5.69 Å². The van der Waals surface area contributed by atoms with Crippen molar-refractivity contribution in [3.8, 4) is 5.75 Å². The minimum Gasteiger partial charge on any atom is -0.505 e. The molecule has 3 amide bonds. The van der Waals surface area contributed by atoms with Crippen molar-refractivity contribution in [2.75, 3.05) is 11.9 Å². The van der Waals surface area contributed by atoms with Gasteiger partial charge in [-0.1, -0.05) is 48.2 Å². The number of amides is 3. The Bertz CT molecular complexity index is 982. The molecule has 0 spiro atoms. The van der Waals surface area contributed by atoms with Gasteiger partial charge in [0.25, 0.3) is 11.8 Å². The van der Waals surface area contributed by atoms with Crippen LogP contribution in [0.1, 0.15) is 46.4 Å². The number of halogens is 2. The molecule has 8 heteroatoms. The fourth-order valence-electron chi connectivity index (χ4n) is 4.28. The number of hydrogen-bond acceptors (Lipinski definition) is 4. The lowest BCUT2D eigenvalue weighted by molar-refractivity contribution is -0.122. The van der Waals surface area contributed by atoms with Gasteiger partial charge in [-0.25, -0.2) is 0 Å². The molecule has 0 aromatic heterocycles. The van der Waals surface area contributed by atoms with E-state index in [9.17, 15) is 19.5 Å². The molecule has 1 fully saturated rings. The molecule has 156 valence electrons. The second-order valence-electron chi connectivity index (χ2n) is 7.70. The number of nitrogens with one attached hydrogen (secondary N) is 1. The highest BCUT2D eigenvalue weighted by molar-refractivity contribution is 6.37. The summed E-state index contributed by atoms with van der Waals surface area (Å²) in [4.78, 5) is 39.7. The molecule has 2 N–H and O–H groups in total. The third-order valence-corrected chi connectivity index (χ3v) is 6.40. The first kappa shape index (κ1) is 20.7. The largest absolute Gasteiger partial charge is 0.505 e. The average molecular weight is 447 g/mol. The van der Waals surface area contributed by atoms with Crippen LogP contribution in [0.25, 0.3) is 0 Å². The first-order valence-corrected chi connectivity index (χ1v) is 10.6. The topological polar surface area (TPSA) is 86.7 Å². The van der Waals surface area contributed by atoms with Gasteiger partial charge in [-0.15, -0.1) is 0 Å². The second kappa shape index (κ2) is 8.28. The molecular formula is C22H20Cl2N2O4. The van der Waals surface area contributed by atoms with Gasteiger partial charge in [0.1, 0.15) is 0 Å². The number of imide groups is 1. The molecule has 6 nitrogen and oxygen atoms in total. The van der Waals surface area contributed by atoms with E-state index in [0.29, 0.717) is 23.2 Å². The van der Waals surface area contributed by atoms with Crippen LogP contribution in [0.15, 0.2) is 36.4 Å². The van der Waals surface area contributed by atoms with Gasteiger partial charge in [0.05, 0.1) is 21.2 Å². The van der Waals surface area contributed by atoms with Gasteiger partial charge in [0.15, 0.2) is 5.75 Å². The number of hydrogen-bond donors (Lipinski definition) is 2. The number of nitrogens with zero attached hydrogens (tertiary/aromatic N) is 1. The van der Waals surface area contributed by atoms with Gasteiger partial charge in [-0.05, 0) is 43.0 Å². The maximum absolute atomic E-state index is 13.0. The monoisotopic (exact) mass is 446 g/mol. The average Bonchev–Trinajstić information content (AvgIpc) is 2.97. The van der Waals surface area contributed by atoms with Crippen molar-refractivity contribution in [3.63, 3.8) is 0 Å². The molecule has 2 aromatic rings. The fourth-order valence-corrected chi connectivity index (χ4v) is 4.77. The number of fused-ring (bicyclic) bond motifs is 1. The summed E-state index contributed by atoms with van der Waals surface area (Å²) in [6, 6.07) is 9.64. The predicted molar refractivity (Wildman–Crippen MR) is 114 cm³/mol. The third-order valence-electron chi connectivity index (χ3n) is 5.83. The summed E-state index contributed by atoms with van der Waals surface area (Å²) >= 11 is 11.9. The number of phenolic OH excluding ortho intramolecular Hbond substituents is 1. The lowest BCUT2D eigenvalue weighted by Gasteiger charge is -2.32.